The summed E-state index contributed by atoms with van der Waals surface area (Å²) in [6.07, 6.45) is 2.00. The van der Waals surface area contributed by atoms with E-state index in [0.717, 1.165) is 24.1 Å². The van der Waals surface area contributed by atoms with Gasteiger partial charge in [0, 0.05) is 24.4 Å². The fourth-order valence-corrected chi connectivity index (χ4v) is 3.24. The molecule has 0 aromatic heterocycles. The molecular formula is C21H20F2N2O2. The van der Waals surface area contributed by atoms with Crippen LogP contribution >= 0.6 is 0 Å². The van der Waals surface area contributed by atoms with Gasteiger partial charge in [0.2, 0.25) is 5.91 Å². The van der Waals surface area contributed by atoms with Crippen molar-refractivity contribution in [2.45, 2.75) is 31.9 Å². The highest BCUT2D eigenvalue weighted by atomic mass is 19.1. The number of carbonyl (C=O) groups excluding carboxylic acids is 1. The Morgan fingerprint density at radius 3 is 2.56 bits per heavy atom. The van der Waals surface area contributed by atoms with Gasteiger partial charge in [-0.3, -0.25) is 4.79 Å². The van der Waals surface area contributed by atoms with Crippen molar-refractivity contribution >= 4 is 11.6 Å². The molecule has 1 atom stereocenters. The zero-order chi connectivity index (χ0) is 18.8. The van der Waals surface area contributed by atoms with Gasteiger partial charge in [0.1, 0.15) is 11.6 Å². The summed E-state index contributed by atoms with van der Waals surface area (Å²) >= 11 is 0. The standard InChI is InChI=1S/C21H20F2N2O2/c22-17-9-7-14(8-10-17)20-11-18(27-24-20)13-25(21(26)15-5-6-15)12-16-3-1-2-4-19(16)23/h1-4,7-10,15,18H,5-6,11-13H2/t18-/m0/s1. The third kappa shape index (κ3) is 4.15. The van der Waals surface area contributed by atoms with Crippen LogP contribution in [-0.2, 0) is 16.2 Å². The van der Waals surface area contributed by atoms with Gasteiger partial charge in [0.25, 0.3) is 0 Å². The number of rotatable bonds is 6. The molecule has 1 heterocycles. The summed E-state index contributed by atoms with van der Waals surface area (Å²) in [5.74, 6) is -0.546. The number of hydrogen-bond donors (Lipinski definition) is 0. The van der Waals surface area contributed by atoms with Gasteiger partial charge >= 0.3 is 0 Å². The molecule has 0 saturated heterocycles. The van der Waals surface area contributed by atoms with Gasteiger partial charge in [0.05, 0.1) is 12.3 Å². The van der Waals surface area contributed by atoms with E-state index >= 15 is 0 Å². The first-order chi connectivity index (χ1) is 13.1. The zero-order valence-electron chi connectivity index (χ0n) is 14.8. The molecule has 0 bridgehead atoms. The minimum Gasteiger partial charge on any atom is -0.390 e. The van der Waals surface area contributed by atoms with E-state index in [1.807, 2.05) is 0 Å². The number of oxime groups is 1. The molecule has 27 heavy (non-hydrogen) atoms. The van der Waals surface area contributed by atoms with Crippen LogP contribution in [-0.4, -0.2) is 29.2 Å². The highest BCUT2D eigenvalue weighted by Gasteiger charge is 2.36. The Morgan fingerprint density at radius 2 is 1.85 bits per heavy atom. The predicted molar refractivity (Wildman–Crippen MR) is 97.0 cm³/mol. The van der Waals surface area contributed by atoms with E-state index < -0.39 is 0 Å². The van der Waals surface area contributed by atoms with Crippen LogP contribution in [0.1, 0.15) is 30.4 Å². The summed E-state index contributed by atoms with van der Waals surface area (Å²) < 4.78 is 27.1. The van der Waals surface area contributed by atoms with Crippen molar-refractivity contribution in [2.75, 3.05) is 6.54 Å². The van der Waals surface area contributed by atoms with Crippen molar-refractivity contribution in [1.29, 1.82) is 0 Å². The van der Waals surface area contributed by atoms with E-state index in [0.29, 0.717) is 18.5 Å². The Kier molecular flexibility index (Phi) is 4.88. The summed E-state index contributed by atoms with van der Waals surface area (Å²) in [6.45, 7) is 0.561. The van der Waals surface area contributed by atoms with Crippen LogP contribution in [0, 0.1) is 17.6 Å². The molecule has 0 N–H and O–H groups in total. The lowest BCUT2D eigenvalue weighted by Gasteiger charge is -2.25. The molecule has 1 saturated carbocycles. The number of hydrogen-bond acceptors (Lipinski definition) is 3. The van der Waals surface area contributed by atoms with Gasteiger partial charge in [-0.1, -0.05) is 35.5 Å². The number of nitrogens with zero attached hydrogens (tertiary/aromatic N) is 2. The highest BCUT2D eigenvalue weighted by Crippen LogP contribution is 2.32. The summed E-state index contributed by atoms with van der Waals surface area (Å²) in [5, 5.41) is 4.10. The highest BCUT2D eigenvalue weighted by molar-refractivity contribution is 6.01. The fourth-order valence-electron chi connectivity index (χ4n) is 3.24. The largest absolute Gasteiger partial charge is 0.390 e. The molecule has 2 aromatic rings. The summed E-state index contributed by atoms with van der Waals surface area (Å²) in [4.78, 5) is 19.8. The molecule has 2 aromatic carbocycles. The molecule has 1 amide bonds. The smallest absolute Gasteiger partial charge is 0.226 e. The van der Waals surface area contributed by atoms with Crippen LogP contribution in [0.4, 0.5) is 8.78 Å². The lowest BCUT2D eigenvalue weighted by Crippen LogP contribution is -2.38. The molecule has 0 unspecified atom stereocenters. The maximum atomic E-state index is 14.0. The first-order valence-electron chi connectivity index (χ1n) is 9.11. The number of carbonyl (C=O) groups is 1. The normalized spacial score (nSPS) is 18.7. The van der Waals surface area contributed by atoms with Crippen LogP contribution in [0.3, 0.4) is 0 Å². The number of amides is 1. The molecule has 1 fully saturated rings. The summed E-state index contributed by atoms with van der Waals surface area (Å²) in [6, 6.07) is 12.6. The SMILES string of the molecule is O=C(C1CC1)N(Cc1ccccc1F)C[C@@H]1CC(c2ccc(F)cc2)=NO1. The van der Waals surface area contributed by atoms with Gasteiger partial charge in [-0.05, 0) is 36.6 Å². The molecule has 6 heteroatoms. The topological polar surface area (TPSA) is 41.9 Å². The molecule has 2 aliphatic rings. The quantitative estimate of drug-likeness (QED) is 0.774. The predicted octanol–water partition coefficient (Wildman–Crippen LogP) is 3.90. The zero-order valence-corrected chi connectivity index (χ0v) is 14.8. The van der Waals surface area contributed by atoms with Gasteiger partial charge < -0.3 is 9.74 Å². The van der Waals surface area contributed by atoms with E-state index in [2.05, 4.69) is 5.16 Å². The van der Waals surface area contributed by atoms with Crippen molar-refractivity contribution in [3.63, 3.8) is 0 Å². The van der Waals surface area contributed by atoms with Crippen LogP contribution in [0.25, 0.3) is 0 Å². The Hall–Kier alpha value is -2.76. The van der Waals surface area contributed by atoms with Gasteiger partial charge in [-0.2, -0.15) is 0 Å². The Balaban J connectivity index is 1.44. The average Bonchev–Trinajstić information content (AvgIpc) is 3.42. The average molecular weight is 370 g/mol. The van der Waals surface area contributed by atoms with Gasteiger partial charge in [0.15, 0.2) is 6.10 Å². The van der Waals surface area contributed by atoms with Crippen LogP contribution in [0.15, 0.2) is 53.7 Å². The van der Waals surface area contributed by atoms with Crippen LogP contribution in [0.5, 0.6) is 0 Å². The first kappa shape index (κ1) is 17.6. The lowest BCUT2D eigenvalue weighted by atomic mass is 10.0. The maximum Gasteiger partial charge on any atom is 0.226 e. The molecule has 4 nitrogen and oxygen atoms in total. The second kappa shape index (κ2) is 7.47. The summed E-state index contributed by atoms with van der Waals surface area (Å²) in [5.41, 5.74) is 2.02. The van der Waals surface area contributed by atoms with E-state index in [1.54, 1.807) is 35.2 Å². The van der Waals surface area contributed by atoms with E-state index in [-0.39, 0.29) is 36.1 Å². The van der Waals surface area contributed by atoms with Crippen molar-refractivity contribution in [1.82, 2.24) is 4.90 Å². The Labute approximate surface area is 156 Å². The second-order valence-corrected chi connectivity index (χ2v) is 7.06. The van der Waals surface area contributed by atoms with Gasteiger partial charge in [-0.25, -0.2) is 8.78 Å². The van der Waals surface area contributed by atoms with Crippen molar-refractivity contribution in [2.24, 2.45) is 11.1 Å². The molecular weight excluding hydrogens is 350 g/mol. The molecule has 4 rings (SSSR count). The van der Waals surface area contributed by atoms with E-state index in [1.165, 1.54) is 18.2 Å². The number of benzene rings is 2. The summed E-state index contributed by atoms with van der Waals surface area (Å²) in [7, 11) is 0. The van der Waals surface area contributed by atoms with Crippen molar-refractivity contribution in [3.8, 4) is 0 Å². The fraction of sp³-hybridized carbons (Fsp3) is 0.333. The third-order valence-corrected chi connectivity index (χ3v) is 4.89. The van der Waals surface area contributed by atoms with Crippen molar-refractivity contribution < 1.29 is 18.4 Å². The first-order valence-corrected chi connectivity index (χ1v) is 9.11. The molecule has 1 aliphatic carbocycles. The molecule has 0 spiro atoms. The molecule has 140 valence electrons. The van der Waals surface area contributed by atoms with Gasteiger partial charge in [-0.15, -0.1) is 0 Å². The third-order valence-electron chi connectivity index (χ3n) is 4.89. The van der Waals surface area contributed by atoms with E-state index in [4.69, 9.17) is 4.84 Å². The second-order valence-electron chi connectivity index (χ2n) is 7.06. The van der Waals surface area contributed by atoms with Crippen LogP contribution in [0.2, 0.25) is 0 Å². The maximum absolute atomic E-state index is 14.0. The number of halogens is 2. The minimum absolute atomic E-state index is 0.0377. The lowest BCUT2D eigenvalue weighted by molar-refractivity contribution is -0.135. The molecule has 0 radical (unpaired) electrons. The Morgan fingerprint density at radius 1 is 1.11 bits per heavy atom. The van der Waals surface area contributed by atoms with Crippen molar-refractivity contribution in [3.05, 3.63) is 71.3 Å². The Bertz CT molecular complexity index is 863. The van der Waals surface area contributed by atoms with E-state index in [9.17, 15) is 13.6 Å². The van der Waals surface area contributed by atoms with Crippen LogP contribution < -0.4 is 0 Å². The monoisotopic (exact) mass is 370 g/mol. The minimum atomic E-state index is -0.318. The molecule has 1 aliphatic heterocycles.